The average molecular weight is 426 g/mol. The number of methoxy groups -OCH3 is 2. The Morgan fingerprint density at radius 1 is 1.20 bits per heavy atom. The van der Waals surface area contributed by atoms with Crippen LogP contribution in [0.2, 0.25) is 0 Å². The van der Waals surface area contributed by atoms with Gasteiger partial charge in [-0.15, -0.1) is 11.8 Å². The van der Waals surface area contributed by atoms with Gasteiger partial charge in [0.15, 0.2) is 11.5 Å². The molecule has 154 valence electrons. The SMILES string of the molecule is COc1ccc(-c2nc(C#N)c(NCCSc3ccc([N+](=O)[O-])cc3)o2)cc1OC. The maximum atomic E-state index is 10.7. The summed E-state index contributed by atoms with van der Waals surface area (Å²) in [4.78, 5) is 15.4. The summed E-state index contributed by atoms with van der Waals surface area (Å²) >= 11 is 1.53. The number of nitrogens with one attached hydrogen (secondary N) is 1. The van der Waals surface area contributed by atoms with E-state index in [1.54, 1.807) is 37.4 Å². The van der Waals surface area contributed by atoms with Gasteiger partial charge in [0, 0.05) is 34.9 Å². The quantitative estimate of drug-likeness (QED) is 0.230. The highest BCUT2D eigenvalue weighted by Crippen LogP contribution is 2.33. The van der Waals surface area contributed by atoms with Crippen molar-refractivity contribution in [2.24, 2.45) is 0 Å². The van der Waals surface area contributed by atoms with Crippen molar-refractivity contribution in [3.05, 3.63) is 58.3 Å². The molecule has 30 heavy (non-hydrogen) atoms. The molecule has 1 N–H and O–H groups in total. The van der Waals surface area contributed by atoms with Crippen molar-refractivity contribution < 1.29 is 18.8 Å². The minimum atomic E-state index is -0.431. The lowest BCUT2D eigenvalue weighted by Crippen LogP contribution is -2.04. The van der Waals surface area contributed by atoms with Gasteiger partial charge < -0.3 is 19.2 Å². The van der Waals surface area contributed by atoms with Crippen molar-refractivity contribution >= 4 is 23.3 Å². The third-order valence-electron chi connectivity index (χ3n) is 4.07. The number of ether oxygens (including phenoxy) is 2. The Morgan fingerprint density at radius 3 is 2.57 bits per heavy atom. The Hall–Kier alpha value is -3.71. The second-order valence-electron chi connectivity index (χ2n) is 5.90. The molecular weight excluding hydrogens is 408 g/mol. The van der Waals surface area contributed by atoms with Crippen molar-refractivity contribution in [3.63, 3.8) is 0 Å². The molecule has 0 aliphatic rings. The molecule has 0 aliphatic carbocycles. The first-order chi connectivity index (χ1) is 14.5. The van der Waals surface area contributed by atoms with E-state index in [1.807, 2.05) is 6.07 Å². The van der Waals surface area contributed by atoms with Gasteiger partial charge in [0.1, 0.15) is 6.07 Å². The summed E-state index contributed by atoms with van der Waals surface area (Å²) in [5.41, 5.74) is 0.859. The van der Waals surface area contributed by atoms with E-state index in [2.05, 4.69) is 10.3 Å². The van der Waals surface area contributed by atoms with Gasteiger partial charge in [-0.25, -0.2) is 0 Å². The molecule has 2 aromatic carbocycles. The average Bonchev–Trinajstić information content (AvgIpc) is 3.19. The molecule has 0 spiro atoms. The third-order valence-corrected chi connectivity index (χ3v) is 5.08. The van der Waals surface area contributed by atoms with Crippen LogP contribution in [0.3, 0.4) is 0 Å². The molecule has 3 rings (SSSR count). The van der Waals surface area contributed by atoms with E-state index in [4.69, 9.17) is 13.9 Å². The molecule has 0 unspecified atom stereocenters. The Balaban J connectivity index is 1.64. The number of thioether (sulfide) groups is 1. The van der Waals surface area contributed by atoms with Crippen LogP contribution in [0.4, 0.5) is 11.6 Å². The first-order valence-corrected chi connectivity index (χ1v) is 9.78. The van der Waals surface area contributed by atoms with Gasteiger partial charge >= 0.3 is 0 Å². The van der Waals surface area contributed by atoms with E-state index in [0.717, 1.165) is 4.90 Å². The first kappa shape index (κ1) is 21.0. The molecule has 1 heterocycles. The summed E-state index contributed by atoms with van der Waals surface area (Å²) in [5, 5.41) is 23.1. The summed E-state index contributed by atoms with van der Waals surface area (Å²) < 4.78 is 16.2. The number of benzene rings is 2. The zero-order chi connectivity index (χ0) is 21.5. The van der Waals surface area contributed by atoms with Gasteiger partial charge in [0.05, 0.1) is 19.1 Å². The number of rotatable bonds is 9. The summed E-state index contributed by atoms with van der Waals surface area (Å²) in [7, 11) is 3.08. The van der Waals surface area contributed by atoms with Crippen molar-refractivity contribution in [2.75, 3.05) is 31.8 Å². The van der Waals surface area contributed by atoms with Crippen molar-refractivity contribution in [1.29, 1.82) is 5.26 Å². The number of nitro groups is 1. The van der Waals surface area contributed by atoms with Gasteiger partial charge in [0.25, 0.3) is 5.69 Å². The van der Waals surface area contributed by atoms with Crippen LogP contribution < -0.4 is 14.8 Å². The first-order valence-electron chi connectivity index (χ1n) is 8.80. The van der Waals surface area contributed by atoms with E-state index >= 15 is 0 Å². The molecule has 0 fully saturated rings. The molecule has 0 bridgehead atoms. The number of hydrogen-bond donors (Lipinski definition) is 1. The third kappa shape index (κ3) is 4.82. The van der Waals surface area contributed by atoms with E-state index < -0.39 is 4.92 Å². The normalized spacial score (nSPS) is 10.3. The number of aromatic nitrogens is 1. The highest BCUT2D eigenvalue weighted by atomic mass is 32.2. The zero-order valence-corrected chi connectivity index (χ0v) is 17.1. The lowest BCUT2D eigenvalue weighted by atomic mass is 10.2. The number of nitrogens with zero attached hydrogens (tertiary/aromatic N) is 3. The standard InChI is InChI=1S/C20H18N4O5S/c1-27-17-8-3-13(11-18(17)28-2)19-23-16(12-21)20(29-19)22-9-10-30-15-6-4-14(5-7-15)24(25)26/h3-8,11,22H,9-10H2,1-2H3. The van der Waals surface area contributed by atoms with Crippen molar-refractivity contribution in [3.8, 4) is 29.0 Å². The number of oxazole rings is 1. The van der Waals surface area contributed by atoms with E-state index in [-0.39, 0.29) is 23.2 Å². The molecule has 1 aromatic heterocycles. The minimum absolute atomic E-state index is 0.0560. The highest BCUT2D eigenvalue weighted by molar-refractivity contribution is 7.99. The minimum Gasteiger partial charge on any atom is -0.493 e. The molecule has 10 heteroatoms. The predicted molar refractivity (Wildman–Crippen MR) is 112 cm³/mol. The smallest absolute Gasteiger partial charge is 0.269 e. The molecule has 3 aromatic rings. The molecule has 0 saturated heterocycles. The number of hydrogen-bond acceptors (Lipinski definition) is 9. The van der Waals surface area contributed by atoms with E-state index in [9.17, 15) is 15.4 Å². The summed E-state index contributed by atoms with van der Waals surface area (Å²) in [6.07, 6.45) is 0. The Kier molecular flexibility index (Phi) is 6.77. The second kappa shape index (κ2) is 9.67. The topological polar surface area (TPSA) is 123 Å². The molecular formula is C20H18N4O5S. The van der Waals surface area contributed by atoms with Crippen molar-refractivity contribution in [2.45, 2.75) is 4.90 Å². The zero-order valence-electron chi connectivity index (χ0n) is 16.2. The fourth-order valence-corrected chi connectivity index (χ4v) is 3.37. The van der Waals surface area contributed by atoms with Crippen LogP contribution in [-0.2, 0) is 0 Å². The van der Waals surface area contributed by atoms with Gasteiger partial charge in [-0.1, -0.05) is 0 Å². The summed E-state index contributed by atoms with van der Waals surface area (Å²) in [5.74, 6) is 2.34. The fraction of sp³-hybridized carbons (Fsp3) is 0.200. The Bertz CT molecular complexity index is 1080. The number of nitriles is 1. The van der Waals surface area contributed by atoms with E-state index in [0.29, 0.717) is 29.4 Å². The molecule has 0 atom stereocenters. The van der Waals surface area contributed by atoms with Crippen LogP contribution in [0.5, 0.6) is 11.5 Å². The van der Waals surface area contributed by atoms with Gasteiger partial charge in [-0.05, 0) is 30.3 Å². The van der Waals surface area contributed by atoms with Crippen molar-refractivity contribution in [1.82, 2.24) is 4.98 Å². The van der Waals surface area contributed by atoms with Crippen LogP contribution >= 0.6 is 11.8 Å². The van der Waals surface area contributed by atoms with Gasteiger partial charge in [-0.2, -0.15) is 10.2 Å². The van der Waals surface area contributed by atoms with Gasteiger partial charge in [-0.3, -0.25) is 10.1 Å². The number of anilines is 1. The molecule has 0 saturated carbocycles. The summed E-state index contributed by atoms with van der Waals surface area (Å²) in [6, 6.07) is 13.6. The van der Waals surface area contributed by atoms with Gasteiger partial charge in [0.2, 0.25) is 17.5 Å². The fourth-order valence-electron chi connectivity index (χ4n) is 2.61. The Labute approximate surface area is 176 Å². The van der Waals surface area contributed by atoms with Crippen LogP contribution in [0.15, 0.2) is 51.8 Å². The van der Waals surface area contributed by atoms with Crippen LogP contribution in [0.25, 0.3) is 11.5 Å². The maximum Gasteiger partial charge on any atom is 0.269 e. The summed E-state index contributed by atoms with van der Waals surface area (Å²) in [6.45, 7) is 0.511. The lowest BCUT2D eigenvalue weighted by Gasteiger charge is -2.07. The van der Waals surface area contributed by atoms with Crippen LogP contribution in [0, 0.1) is 21.4 Å². The van der Waals surface area contributed by atoms with Crippen LogP contribution in [-0.4, -0.2) is 36.4 Å². The largest absolute Gasteiger partial charge is 0.493 e. The maximum absolute atomic E-state index is 10.7. The monoisotopic (exact) mass is 426 g/mol. The Morgan fingerprint density at radius 2 is 1.93 bits per heavy atom. The highest BCUT2D eigenvalue weighted by Gasteiger charge is 2.16. The predicted octanol–water partition coefficient (Wildman–Crippen LogP) is 4.34. The molecule has 0 radical (unpaired) electrons. The molecule has 9 nitrogen and oxygen atoms in total. The molecule has 0 aliphatic heterocycles. The van der Waals surface area contributed by atoms with Crippen LogP contribution in [0.1, 0.15) is 5.69 Å². The molecule has 0 amide bonds. The lowest BCUT2D eigenvalue weighted by molar-refractivity contribution is -0.384. The number of non-ortho nitro benzene ring substituents is 1. The van der Waals surface area contributed by atoms with E-state index in [1.165, 1.54) is 31.0 Å². The second-order valence-corrected chi connectivity index (χ2v) is 7.07. The number of nitro benzene ring substituents is 1.